The van der Waals surface area contributed by atoms with Gasteiger partial charge in [-0.25, -0.2) is 9.37 Å². The maximum absolute atomic E-state index is 13.5. The highest BCUT2D eigenvalue weighted by molar-refractivity contribution is 5.92. The maximum Gasteiger partial charge on any atom is 0.276 e. The molecule has 1 aliphatic rings. The van der Waals surface area contributed by atoms with Gasteiger partial charge in [0.1, 0.15) is 11.6 Å². The van der Waals surface area contributed by atoms with E-state index < -0.39 is 0 Å². The van der Waals surface area contributed by atoms with Crippen molar-refractivity contribution in [3.63, 3.8) is 0 Å². The van der Waals surface area contributed by atoms with Crippen LogP contribution in [0.25, 0.3) is 11.0 Å². The molecule has 1 atom stereocenters. The van der Waals surface area contributed by atoms with Gasteiger partial charge in [0.2, 0.25) is 0 Å². The number of H-pyrrole nitrogens is 1. The molecule has 0 spiro atoms. The van der Waals surface area contributed by atoms with Gasteiger partial charge in [-0.15, -0.1) is 5.10 Å². The molecule has 30 heavy (non-hydrogen) atoms. The molecule has 3 heterocycles. The number of hydrogen-bond acceptors (Lipinski definition) is 4. The Hall–Kier alpha value is -3.55. The Kier molecular flexibility index (Phi) is 4.74. The first kappa shape index (κ1) is 18.5. The molecule has 0 radical (unpaired) electrons. The molecule has 8 heteroatoms. The van der Waals surface area contributed by atoms with Gasteiger partial charge in [0.15, 0.2) is 5.69 Å². The van der Waals surface area contributed by atoms with Crippen molar-refractivity contribution in [3.05, 3.63) is 77.6 Å². The Morgan fingerprint density at radius 1 is 1.20 bits per heavy atom. The van der Waals surface area contributed by atoms with Gasteiger partial charge in [-0.1, -0.05) is 35.5 Å². The first-order chi connectivity index (χ1) is 14.7. The zero-order valence-corrected chi connectivity index (χ0v) is 16.3. The zero-order valence-electron chi connectivity index (χ0n) is 16.3. The van der Waals surface area contributed by atoms with E-state index in [-0.39, 0.29) is 17.8 Å². The molecule has 7 nitrogen and oxygen atoms in total. The van der Waals surface area contributed by atoms with Crippen LogP contribution in [0.4, 0.5) is 4.39 Å². The van der Waals surface area contributed by atoms with E-state index >= 15 is 0 Å². The average Bonchev–Trinajstić information content (AvgIpc) is 3.50. The van der Waals surface area contributed by atoms with Crippen molar-refractivity contribution in [1.29, 1.82) is 0 Å². The summed E-state index contributed by atoms with van der Waals surface area (Å²) in [6, 6.07) is 14.4. The summed E-state index contributed by atoms with van der Waals surface area (Å²) in [5, 5.41) is 8.22. The minimum atomic E-state index is -0.316. The van der Waals surface area contributed by atoms with E-state index in [4.69, 9.17) is 0 Å². The predicted octanol–water partition coefficient (Wildman–Crippen LogP) is 3.51. The lowest BCUT2D eigenvalue weighted by Crippen LogP contribution is -2.31. The Morgan fingerprint density at radius 2 is 2.07 bits per heavy atom. The first-order valence-corrected chi connectivity index (χ1v) is 10.1. The van der Waals surface area contributed by atoms with Gasteiger partial charge in [-0.2, -0.15) is 0 Å². The standard InChI is InChI=1S/C22H21FN6O/c23-16-8-9-17-18(13-16)25-21(24-17)20-7-4-11-29(20)22(30)19-14-28(27-26-19)12-10-15-5-2-1-3-6-15/h1-3,5-6,8-9,13-14,20H,4,7,10-12H2,(H,24,25)/t20-/m1/s1. The lowest BCUT2D eigenvalue weighted by molar-refractivity contribution is 0.0724. The topological polar surface area (TPSA) is 79.7 Å². The van der Waals surface area contributed by atoms with Gasteiger partial charge >= 0.3 is 0 Å². The van der Waals surface area contributed by atoms with Gasteiger partial charge < -0.3 is 9.88 Å². The smallest absolute Gasteiger partial charge is 0.276 e. The number of carbonyl (C=O) groups excluding carboxylic acids is 1. The monoisotopic (exact) mass is 404 g/mol. The fourth-order valence-electron chi connectivity index (χ4n) is 3.99. The number of hydrogen-bond donors (Lipinski definition) is 1. The number of nitrogens with one attached hydrogen (secondary N) is 1. The van der Waals surface area contributed by atoms with E-state index in [1.807, 2.05) is 18.2 Å². The summed E-state index contributed by atoms with van der Waals surface area (Å²) in [6.07, 6.45) is 4.20. The third-order valence-electron chi connectivity index (χ3n) is 5.52. The van der Waals surface area contributed by atoms with Crippen LogP contribution in [0.3, 0.4) is 0 Å². The molecule has 0 unspecified atom stereocenters. The quantitative estimate of drug-likeness (QED) is 0.552. The molecule has 1 saturated heterocycles. The summed E-state index contributed by atoms with van der Waals surface area (Å²) in [6.45, 7) is 1.29. The number of imidazole rings is 1. The number of halogens is 1. The van der Waals surface area contributed by atoms with Crippen LogP contribution in [-0.2, 0) is 13.0 Å². The first-order valence-electron chi connectivity index (χ1n) is 10.1. The molecule has 2 aromatic carbocycles. The maximum atomic E-state index is 13.5. The summed E-state index contributed by atoms with van der Waals surface area (Å²) in [7, 11) is 0. The van der Waals surface area contributed by atoms with Gasteiger partial charge in [0, 0.05) is 13.1 Å². The molecule has 5 rings (SSSR count). The van der Waals surface area contributed by atoms with Crippen molar-refractivity contribution in [2.75, 3.05) is 6.54 Å². The Balaban J connectivity index is 1.31. The van der Waals surface area contributed by atoms with Crippen molar-refractivity contribution in [2.24, 2.45) is 0 Å². The number of benzene rings is 2. The summed E-state index contributed by atoms with van der Waals surface area (Å²) in [5.41, 5.74) is 2.87. The second-order valence-electron chi connectivity index (χ2n) is 7.54. The van der Waals surface area contributed by atoms with Crippen molar-refractivity contribution < 1.29 is 9.18 Å². The molecular formula is C22H21FN6O. The third kappa shape index (κ3) is 3.56. The molecule has 1 amide bonds. The van der Waals surface area contributed by atoms with Crippen LogP contribution in [0, 0.1) is 5.82 Å². The molecule has 2 aromatic heterocycles. The summed E-state index contributed by atoms with van der Waals surface area (Å²) in [5.74, 6) is 0.206. The Morgan fingerprint density at radius 3 is 2.93 bits per heavy atom. The molecule has 152 valence electrons. The van der Waals surface area contributed by atoms with E-state index in [1.54, 1.807) is 21.8 Å². The van der Waals surface area contributed by atoms with E-state index in [0.29, 0.717) is 35.6 Å². The van der Waals surface area contributed by atoms with Gasteiger partial charge in [-0.05, 0) is 43.0 Å². The third-order valence-corrected chi connectivity index (χ3v) is 5.52. The number of nitrogens with zero attached hydrogens (tertiary/aromatic N) is 5. The Bertz CT molecular complexity index is 1180. The zero-order chi connectivity index (χ0) is 20.5. The minimum absolute atomic E-state index is 0.157. The largest absolute Gasteiger partial charge is 0.340 e. The van der Waals surface area contributed by atoms with Gasteiger partial charge in [0.25, 0.3) is 5.91 Å². The fraction of sp³-hybridized carbons (Fsp3) is 0.273. The number of aromatic amines is 1. The lowest BCUT2D eigenvalue weighted by Gasteiger charge is -2.21. The second kappa shape index (κ2) is 7.70. The van der Waals surface area contributed by atoms with Crippen molar-refractivity contribution >= 4 is 16.9 Å². The lowest BCUT2D eigenvalue weighted by atomic mass is 10.1. The number of fused-ring (bicyclic) bond motifs is 1. The summed E-state index contributed by atoms with van der Waals surface area (Å²) in [4.78, 5) is 22.6. The van der Waals surface area contributed by atoms with Crippen molar-refractivity contribution in [3.8, 4) is 0 Å². The highest BCUT2D eigenvalue weighted by Crippen LogP contribution is 2.32. The predicted molar refractivity (Wildman–Crippen MR) is 109 cm³/mol. The SMILES string of the molecule is O=C(c1cn(CCc2ccccc2)nn1)N1CCC[C@@H]1c1nc2ccc(F)cc2[nH]1. The molecular weight excluding hydrogens is 383 g/mol. The molecule has 0 saturated carbocycles. The number of aromatic nitrogens is 5. The van der Waals surface area contributed by atoms with Gasteiger partial charge in [-0.3, -0.25) is 9.48 Å². The highest BCUT2D eigenvalue weighted by Gasteiger charge is 2.34. The molecule has 0 bridgehead atoms. The molecule has 1 aliphatic heterocycles. The molecule has 1 fully saturated rings. The number of amides is 1. The van der Waals surface area contributed by atoms with Crippen LogP contribution in [0.1, 0.15) is 40.8 Å². The number of carbonyl (C=O) groups is 1. The molecule has 0 aliphatic carbocycles. The van der Waals surface area contributed by atoms with Crippen LogP contribution < -0.4 is 0 Å². The molecule has 1 N–H and O–H groups in total. The fourth-order valence-corrected chi connectivity index (χ4v) is 3.99. The summed E-state index contributed by atoms with van der Waals surface area (Å²) < 4.78 is 15.2. The second-order valence-corrected chi connectivity index (χ2v) is 7.54. The molecule has 4 aromatic rings. The normalized spacial score (nSPS) is 16.4. The van der Waals surface area contributed by atoms with Crippen molar-refractivity contribution in [2.45, 2.75) is 31.8 Å². The minimum Gasteiger partial charge on any atom is -0.340 e. The summed E-state index contributed by atoms with van der Waals surface area (Å²) >= 11 is 0. The van der Waals surface area contributed by atoms with Crippen LogP contribution in [0.2, 0.25) is 0 Å². The Labute approximate surface area is 172 Å². The highest BCUT2D eigenvalue weighted by atomic mass is 19.1. The van der Waals surface area contributed by atoms with E-state index in [9.17, 15) is 9.18 Å². The van der Waals surface area contributed by atoms with Crippen LogP contribution in [0.5, 0.6) is 0 Å². The van der Waals surface area contributed by atoms with Crippen LogP contribution in [0.15, 0.2) is 54.7 Å². The van der Waals surface area contributed by atoms with Crippen molar-refractivity contribution in [1.82, 2.24) is 29.9 Å². The number of aryl methyl sites for hydroxylation is 2. The van der Waals surface area contributed by atoms with Gasteiger partial charge in [0.05, 0.1) is 23.3 Å². The van der Waals surface area contributed by atoms with Crippen LogP contribution in [-0.4, -0.2) is 42.3 Å². The van der Waals surface area contributed by atoms with E-state index in [0.717, 1.165) is 19.3 Å². The number of likely N-dealkylation sites (tertiary alicyclic amines) is 1. The van der Waals surface area contributed by atoms with E-state index in [1.165, 1.54) is 17.7 Å². The van der Waals surface area contributed by atoms with E-state index in [2.05, 4.69) is 32.4 Å². The number of rotatable bonds is 5. The average molecular weight is 404 g/mol. The van der Waals surface area contributed by atoms with Crippen LogP contribution >= 0.6 is 0 Å².